The highest BCUT2D eigenvalue weighted by Gasteiger charge is 2.79. The second-order valence-electron chi connectivity index (χ2n) is 12.7. The predicted octanol–water partition coefficient (Wildman–Crippen LogP) is 3.66. The second-order valence-corrected chi connectivity index (χ2v) is 12.7. The van der Waals surface area contributed by atoms with Crippen LogP contribution in [0, 0.1) is 17.8 Å². The smallest absolute Gasteiger partial charge is 0.200 e. The standard InChI is InChI=1S/C32H40N2O6/c1-18(2)6-7-20-25(35)15-26(36)27-28(37)23-14-21-22(16-34-12-10-33(5)11-13-34)24-17-39-31(30(21)38,9-8-19(3)4)32(23,24)40-29(20)27/h6,8,14-15,21-22,24,35-36H,7,9-13,16-17H2,1-5H3/t21-,22+,24-,31+,32-/m1/s1. The number of phenols is 2. The van der Waals surface area contributed by atoms with Crippen LogP contribution in [0.1, 0.15) is 50.0 Å². The largest absolute Gasteiger partial charge is 0.507 e. The number of benzene rings is 1. The van der Waals surface area contributed by atoms with Crippen LogP contribution >= 0.6 is 0 Å². The SMILES string of the molecule is CC(C)=CCc1c(O)cc(O)c2c1O[C@@]13C(=C[C@H]4C(=O)[C@]1(CC=C(C)C)OC[C@@H]3[C@H]4CN1CCN(C)CC1)C2=O. The second kappa shape index (κ2) is 9.57. The van der Waals surface area contributed by atoms with Crippen molar-refractivity contribution in [2.24, 2.45) is 17.8 Å². The summed E-state index contributed by atoms with van der Waals surface area (Å²) in [7, 11) is 2.12. The number of carbonyl (C=O) groups is 2. The highest BCUT2D eigenvalue weighted by atomic mass is 16.6. The number of phenolic OH excluding ortho intramolecular Hbond substituents is 2. The van der Waals surface area contributed by atoms with Crippen LogP contribution in [0.5, 0.6) is 17.2 Å². The number of ether oxygens (including phenoxy) is 2. The van der Waals surface area contributed by atoms with Gasteiger partial charge in [0.15, 0.2) is 22.8 Å². The molecule has 0 amide bonds. The third-order valence-electron chi connectivity index (χ3n) is 9.71. The molecular formula is C32H40N2O6. The molecule has 214 valence electrons. The zero-order valence-corrected chi connectivity index (χ0v) is 24.1. The van der Waals surface area contributed by atoms with E-state index in [1.54, 1.807) is 0 Å². The Balaban J connectivity index is 1.53. The van der Waals surface area contributed by atoms with Crippen molar-refractivity contribution in [3.8, 4) is 17.2 Å². The molecule has 3 aliphatic carbocycles. The number of ketones is 2. The summed E-state index contributed by atoms with van der Waals surface area (Å²) in [6.45, 7) is 12.7. The van der Waals surface area contributed by atoms with E-state index in [0.29, 0.717) is 30.6 Å². The number of aromatic hydroxyl groups is 2. The van der Waals surface area contributed by atoms with Gasteiger partial charge in [0.25, 0.3) is 0 Å². The number of nitrogens with zero attached hydrogens (tertiary/aromatic N) is 2. The maximum absolute atomic E-state index is 14.5. The third kappa shape index (κ3) is 3.76. The lowest BCUT2D eigenvalue weighted by molar-refractivity contribution is -0.171. The highest BCUT2D eigenvalue weighted by Crippen LogP contribution is 2.65. The molecule has 3 aliphatic heterocycles. The number of rotatable bonds is 6. The van der Waals surface area contributed by atoms with E-state index in [1.807, 2.05) is 45.9 Å². The van der Waals surface area contributed by atoms with E-state index in [-0.39, 0.29) is 46.2 Å². The average Bonchev–Trinajstić information content (AvgIpc) is 3.18. The van der Waals surface area contributed by atoms with Gasteiger partial charge in [-0.1, -0.05) is 29.4 Å². The summed E-state index contributed by atoms with van der Waals surface area (Å²) < 4.78 is 13.5. The molecule has 1 aromatic carbocycles. The number of piperazine rings is 1. The topological polar surface area (TPSA) is 99.5 Å². The van der Waals surface area contributed by atoms with E-state index in [2.05, 4.69) is 16.8 Å². The van der Waals surface area contributed by atoms with E-state index < -0.39 is 17.1 Å². The fourth-order valence-corrected chi connectivity index (χ4v) is 7.56. The lowest BCUT2D eigenvalue weighted by Gasteiger charge is -2.59. The van der Waals surface area contributed by atoms with Gasteiger partial charge in [0.1, 0.15) is 22.8 Å². The number of likely N-dealkylation sites (N-methyl/N-ethyl adjacent to an activating group) is 1. The molecule has 0 radical (unpaired) electrons. The van der Waals surface area contributed by atoms with Crippen molar-refractivity contribution in [3.05, 3.63) is 52.1 Å². The average molecular weight is 549 g/mol. The van der Waals surface area contributed by atoms with Gasteiger partial charge in [-0.25, -0.2) is 0 Å². The quantitative estimate of drug-likeness (QED) is 0.520. The molecule has 5 atom stereocenters. The molecular weight excluding hydrogens is 508 g/mol. The van der Waals surface area contributed by atoms with Crippen molar-refractivity contribution in [2.75, 3.05) is 46.4 Å². The number of carbonyl (C=O) groups excluding carboxylic acids is 2. The molecule has 3 fully saturated rings. The van der Waals surface area contributed by atoms with Crippen molar-refractivity contribution < 1.29 is 29.3 Å². The van der Waals surface area contributed by atoms with Gasteiger partial charge in [0, 0.05) is 68.2 Å². The van der Waals surface area contributed by atoms with Crippen LogP contribution in [0.15, 0.2) is 41.0 Å². The molecule has 40 heavy (non-hydrogen) atoms. The van der Waals surface area contributed by atoms with Crippen LogP contribution in [0.2, 0.25) is 0 Å². The van der Waals surface area contributed by atoms with Gasteiger partial charge in [-0.05, 0) is 47.1 Å². The van der Waals surface area contributed by atoms with Crippen molar-refractivity contribution in [1.29, 1.82) is 0 Å². The summed E-state index contributed by atoms with van der Waals surface area (Å²) in [6, 6.07) is 1.22. The molecule has 1 saturated carbocycles. The van der Waals surface area contributed by atoms with Crippen LogP contribution in [0.3, 0.4) is 0 Å². The Labute approximate surface area is 235 Å². The minimum Gasteiger partial charge on any atom is -0.507 e. The van der Waals surface area contributed by atoms with Gasteiger partial charge >= 0.3 is 0 Å². The number of allylic oxidation sites excluding steroid dienone is 4. The van der Waals surface area contributed by atoms with Crippen LogP contribution < -0.4 is 4.74 Å². The van der Waals surface area contributed by atoms with Crippen molar-refractivity contribution in [3.63, 3.8) is 0 Å². The van der Waals surface area contributed by atoms with E-state index in [9.17, 15) is 19.8 Å². The number of hydrogen-bond donors (Lipinski definition) is 2. The van der Waals surface area contributed by atoms with Crippen molar-refractivity contribution in [2.45, 2.75) is 51.7 Å². The summed E-state index contributed by atoms with van der Waals surface area (Å²) in [5.41, 5.74) is 0.330. The third-order valence-corrected chi connectivity index (χ3v) is 9.71. The van der Waals surface area contributed by atoms with Crippen LogP contribution in [0.25, 0.3) is 0 Å². The lowest BCUT2D eigenvalue weighted by Crippen LogP contribution is -2.74. The first kappa shape index (κ1) is 27.2. The van der Waals surface area contributed by atoms with Crippen LogP contribution in [0.4, 0.5) is 0 Å². The zero-order chi connectivity index (χ0) is 28.6. The van der Waals surface area contributed by atoms with Crippen molar-refractivity contribution in [1.82, 2.24) is 9.80 Å². The molecule has 8 heteroatoms. The van der Waals surface area contributed by atoms with Gasteiger partial charge < -0.3 is 29.5 Å². The Morgan fingerprint density at radius 3 is 2.42 bits per heavy atom. The molecule has 0 unspecified atom stereocenters. The maximum atomic E-state index is 14.5. The van der Waals surface area contributed by atoms with Gasteiger partial charge in [-0.3, -0.25) is 9.59 Å². The Bertz CT molecular complexity index is 1360. The van der Waals surface area contributed by atoms with Crippen LogP contribution in [-0.2, 0) is 16.0 Å². The van der Waals surface area contributed by atoms with E-state index in [1.165, 1.54) is 6.07 Å². The molecule has 4 bridgehead atoms. The summed E-state index contributed by atoms with van der Waals surface area (Å²) in [6.07, 6.45) is 6.40. The monoisotopic (exact) mass is 548 g/mol. The molecule has 7 rings (SSSR count). The Kier molecular flexibility index (Phi) is 6.52. The lowest BCUT2D eigenvalue weighted by atomic mass is 9.49. The van der Waals surface area contributed by atoms with Crippen LogP contribution in [-0.4, -0.2) is 89.2 Å². The number of fused-ring (bicyclic) bond motifs is 1. The van der Waals surface area contributed by atoms with Crippen molar-refractivity contribution >= 4 is 11.6 Å². The highest BCUT2D eigenvalue weighted by molar-refractivity contribution is 6.18. The number of hydrogen-bond acceptors (Lipinski definition) is 8. The first-order valence-corrected chi connectivity index (χ1v) is 14.4. The Morgan fingerprint density at radius 2 is 1.75 bits per heavy atom. The van der Waals surface area contributed by atoms with E-state index in [0.717, 1.165) is 43.9 Å². The van der Waals surface area contributed by atoms with Gasteiger partial charge in [0.2, 0.25) is 0 Å². The Morgan fingerprint density at radius 1 is 1.05 bits per heavy atom. The molecule has 2 N–H and O–H groups in total. The normalized spacial score (nSPS) is 32.7. The fraction of sp³-hybridized carbons (Fsp3) is 0.562. The molecule has 0 aromatic heterocycles. The maximum Gasteiger partial charge on any atom is 0.200 e. The molecule has 8 nitrogen and oxygen atoms in total. The Hall–Kier alpha value is -2.94. The first-order chi connectivity index (χ1) is 19.0. The summed E-state index contributed by atoms with van der Waals surface area (Å²) in [5, 5.41) is 21.8. The first-order valence-electron chi connectivity index (χ1n) is 14.4. The predicted molar refractivity (Wildman–Crippen MR) is 151 cm³/mol. The molecule has 1 spiro atoms. The number of Topliss-reactive ketones (excluding diaryl/α,β-unsaturated/α-hetero) is 2. The zero-order valence-electron chi connectivity index (χ0n) is 24.1. The summed E-state index contributed by atoms with van der Waals surface area (Å²) in [5.74, 6) is -1.42. The fourth-order valence-electron chi connectivity index (χ4n) is 7.56. The molecule has 3 heterocycles. The summed E-state index contributed by atoms with van der Waals surface area (Å²) >= 11 is 0. The van der Waals surface area contributed by atoms with Gasteiger partial charge in [-0.2, -0.15) is 0 Å². The molecule has 6 aliphatic rings. The van der Waals surface area contributed by atoms with Gasteiger partial charge in [-0.15, -0.1) is 0 Å². The summed E-state index contributed by atoms with van der Waals surface area (Å²) in [4.78, 5) is 33.5. The molecule has 2 saturated heterocycles. The van der Waals surface area contributed by atoms with E-state index >= 15 is 0 Å². The minimum absolute atomic E-state index is 0.0342. The van der Waals surface area contributed by atoms with Gasteiger partial charge in [0.05, 0.1) is 6.61 Å². The van der Waals surface area contributed by atoms with E-state index in [4.69, 9.17) is 9.47 Å². The minimum atomic E-state index is -1.34. The molecule has 1 aromatic rings.